The Hall–Kier alpha value is -2.12. The number of sulfonamides is 4. The van der Waals surface area contributed by atoms with Crippen LogP contribution >= 0.6 is 7.82 Å². The maximum absolute atomic E-state index is 12.3. The fraction of sp³-hybridized carbons (Fsp3) is 0.956. The van der Waals surface area contributed by atoms with Crippen LogP contribution in [0.25, 0.3) is 0 Å². The van der Waals surface area contributed by atoms with Crippen molar-refractivity contribution in [2.45, 2.75) is 298 Å². The molecule has 0 heterocycles. The summed E-state index contributed by atoms with van der Waals surface area (Å²) in [6, 6.07) is -1.46. The molecule has 0 rings (SSSR count). The van der Waals surface area contributed by atoms with E-state index in [4.69, 9.17) is 54.4 Å². The van der Waals surface area contributed by atoms with E-state index in [1.807, 2.05) is 187 Å². The quantitative estimate of drug-likeness (QED) is 0.0268. The molecule has 6 N–H and O–H groups in total. The lowest BCUT2D eigenvalue weighted by molar-refractivity contribution is -0.155. The van der Waals surface area contributed by atoms with Gasteiger partial charge in [0, 0.05) is 48.3 Å². The predicted octanol–water partition coefficient (Wildman–Crippen LogP) is 8.10. The zero-order valence-corrected chi connectivity index (χ0v) is 73.9. The first-order valence-corrected chi connectivity index (χ1v) is 43.4. The number of phosphoric ester groups is 1. The van der Waals surface area contributed by atoms with Crippen LogP contribution in [0.15, 0.2) is 0 Å². The highest BCUT2D eigenvalue weighted by Crippen LogP contribution is 2.37. The topological polar surface area (TPSA) is 387 Å². The van der Waals surface area contributed by atoms with E-state index in [2.05, 4.69) is 4.52 Å². The van der Waals surface area contributed by atoms with E-state index < -0.39 is 125 Å². The van der Waals surface area contributed by atoms with Crippen LogP contribution < -0.4 is 11.5 Å². The van der Waals surface area contributed by atoms with Crippen molar-refractivity contribution in [3.8, 4) is 0 Å². The molecule has 0 aromatic rings. The average Bonchev–Trinajstić information content (AvgIpc) is 0.835. The van der Waals surface area contributed by atoms with Crippen LogP contribution in [0, 0.1) is 27.6 Å². The third-order valence-corrected chi connectivity index (χ3v) is 22.5. The van der Waals surface area contributed by atoms with Crippen LogP contribution in [-0.2, 0) is 96.7 Å². The maximum Gasteiger partial charge on any atom is 0.469 e. The minimum Gasteiger partial charge on any atom is -0.462 e. The summed E-state index contributed by atoms with van der Waals surface area (Å²) in [5, 5.41) is 0. The standard InChI is InChI=1S/C19H40N2O5S.C18H38N2O5S.C17H36N2O5S.C14H32NO7PS/c1-13(2)16(20)17(22)25-12-15(26-14(3)18(4,5)6)11-21(19(7,8)9)27(10,23)24;1-14(17(2,3)4)25-15(13-24-16(21)12-19(8)9)11-20(18(5,6)7)26(10,22)23;1-12(18)15(20)23-11-14(24-13(2)16(3,4)5)10-19(17(6,7)8)25(9,21)22;1-11(13(2,3)4)22-12(10-21-23(16,17)18)9-15(14(5,6)7)24(8,19)20/h13-16H,11-12,20H2,1-10H3;14-15H,11-13H2,1-10H3;12-14H,10-11,18H2,1-9H3;11-12H,9-10H2,1-8H3,(H2,16,17,18)/t14-,15-,16-;14-,15-;12-,13-,14-;11-,12-/m0000/s1. The van der Waals surface area contributed by atoms with Crippen molar-refractivity contribution in [1.29, 1.82) is 0 Å². The summed E-state index contributed by atoms with van der Waals surface area (Å²) < 4.78 is 158. The number of carbonyl (C=O) groups excluding carboxylic acids is 3. The van der Waals surface area contributed by atoms with Crippen molar-refractivity contribution >= 4 is 65.8 Å². The summed E-state index contributed by atoms with van der Waals surface area (Å²) in [6.07, 6.45) is 1.30. The Balaban J connectivity index is -0.000000628. The smallest absolute Gasteiger partial charge is 0.462 e. The van der Waals surface area contributed by atoms with E-state index in [9.17, 15) is 52.6 Å². The molecule has 0 saturated carbocycles. The monoisotopic (exact) mass is 1570 g/mol. The van der Waals surface area contributed by atoms with Gasteiger partial charge in [-0.3, -0.25) is 23.8 Å². The van der Waals surface area contributed by atoms with Crippen molar-refractivity contribution in [2.24, 2.45) is 39.0 Å². The van der Waals surface area contributed by atoms with Gasteiger partial charge in [-0.1, -0.05) is 96.9 Å². The first-order valence-electron chi connectivity index (χ1n) is 34.5. The van der Waals surface area contributed by atoms with E-state index in [1.165, 1.54) is 36.7 Å². The molecule has 0 amide bonds. The van der Waals surface area contributed by atoms with Gasteiger partial charge in [-0.2, -0.15) is 17.2 Å². The van der Waals surface area contributed by atoms with Gasteiger partial charge in [-0.25, -0.2) is 38.2 Å². The summed E-state index contributed by atoms with van der Waals surface area (Å²) in [7, 11) is -15.0. The number of phosphoric acid groups is 1. The lowest BCUT2D eigenvalue weighted by Gasteiger charge is -2.38. The highest BCUT2D eigenvalue weighted by atomic mass is 32.2. The molecule has 0 radical (unpaired) electrons. The molecular formula is C68H146N7O22PS4. The molecule has 0 spiro atoms. The molecule has 29 nitrogen and oxygen atoms in total. The number of carbonyl (C=O) groups is 3. The van der Waals surface area contributed by atoms with Crippen molar-refractivity contribution in [3.05, 3.63) is 0 Å². The lowest BCUT2D eigenvalue weighted by Crippen LogP contribution is -2.51. The van der Waals surface area contributed by atoms with Crippen molar-refractivity contribution in [2.75, 3.05) is 98.3 Å². The maximum atomic E-state index is 12.3. The summed E-state index contributed by atoms with van der Waals surface area (Å²) in [5.74, 6) is -1.47. The van der Waals surface area contributed by atoms with Gasteiger partial charge in [0.25, 0.3) is 0 Å². The van der Waals surface area contributed by atoms with Crippen LogP contribution in [0.1, 0.15) is 215 Å². The van der Waals surface area contributed by atoms with Gasteiger partial charge in [0.15, 0.2) is 0 Å². The van der Waals surface area contributed by atoms with Gasteiger partial charge in [-0.05, 0) is 159 Å². The SMILES string of the molecule is CC(C)[C@H](N)C(=O)OC[C@H](CN(C(C)(C)C)S(C)(=O)=O)O[C@@H](C)C(C)(C)C.C[C@H](N)C(=O)OC[C@H](CN(C(C)(C)C)S(C)(=O)=O)O[C@@H](C)C(C)(C)C.C[C@H](O[C@H](COC(=O)CN(C)C)CN(C(C)(C)C)S(C)(=O)=O)C(C)(C)C.C[C@H](O[C@H](COP(=O)(O)O)CN(C(C)(C)C)S(C)(=O)=O)C(C)(C)C. The van der Waals surface area contributed by atoms with E-state index in [1.54, 1.807) is 39.8 Å². The highest BCUT2D eigenvalue weighted by Gasteiger charge is 2.40. The Kier molecular flexibility index (Phi) is 43.9. The predicted molar refractivity (Wildman–Crippen MR) is 406 cm³/mol. The Morgan fingerprint density at radius 1 is 0.392 bits per heavy atom. The fourth-order valence-electron chi connectivity index (χ4n) is 8.40. The van der Waals surface area contributed by atoms with Gasteiger partial charge < -0.3 is 54.4 Å². The van der Waals surface area contributed by atoms with Crippen LogP contribution in [0.5, 0.6) is 0 Å². The normalized spacial score (nSPS) is 16.9. The number of ether oxygens (including phenoxy) is 7. The number of esters is 3. The lowest BCUT2D eigenvalue weighted by atomic mass is 9.90. The Bertz CT molecular complexity index is 3010. The first kappa shape index (κ1) is 106. The largest absolute Gasteiger partial charge is 0.469 e. The number of nitrogens with zero attached hydrogens (tertiary/aromatic N) is 5. The summed E-state index contributed by atoms with van der Waals surface area (Å²) in [6.45, 7) is 58.5. The van der Waals surface area contributed by atoms with Crippen molar-refractivity contribution in [1.82, 2.24) is 22.1 Å². The van der Waals surface area contributed by atoms with E-state index in [0.29, 0.717) is 0 Å². The second-order valence-corrected chi connectivity index (χ2v) is 44.3. The molecule has 0 aromatic heterocycles. The molecule has 0 aliphatic rings. The zero-order chi connectivity index (χ0) is 82.5. The number of hydrogen-bond donors (Lipinski definition) is 4. The average molecular weight is 1570 g/mol. The van der Waals surface area contributed by atoms with E-state index in [-0.39, 0.29) is 111 Å². The third-order valence-electron chi connectivity index (χ3n) is 16.0. The summed E-state index contributed by atoms with van der Waals surface area (Å²) in [4.78, 5) is 55.2. The molecule has 0 saturated heterocycles. The molecule has 0 aliphatic carbocycles. The second kappa shape index (κ2) is 42.2. The minimum atomic E-state index is -4.68. The molecule has 0 aliphatic heterocycles. The van der Waals surface area contributed by atoms with Gasteiger partial charge in [-0.15, -0.1) is 0 Å². The molecule has 34 heteroatoms. The number of hydrogen-bond acceptors (Lipinski definition) is 23. The Morgan fingerprint density at radius 3 is 0.784 bits per heavy atom. The fourth-order valence-corrected chi connectivity index (χ4v) is 14.5. The molecule has 0 fully saturated rings. The zero-order valence-electron chi connectivity index (χ0n) is 69.7. The van der Waals surface area contributed by atoms with Crippen LogP contribution in [-0.4, -0.2) is 265 Å². The number of nitrogens with two attached hydrogens (primary N) is 2. The molecule has 0 bridgehead atoms. The Morgan fingerprint density at radius 2 is 0.608 bits per heavy atom. The molecule has 0 unspecified atom stereocenters. The van der Waals surface area contributed by atoms with Gasteiger partial charge in [0.2, 0.25) is 40.1 Å². The summed E-state index contributed by atoms with van der Waals surface area (Å²) >= 11 is 0. The van der Waals surface area contributed by atoms with E-state index in [0.717, 1.165) is 12.5 Å². The number of likely N-dealkylation sites (N-methyl/N-ethyl adjacent to an activating group) is 1. The first-order chi connectivity index (χ1) is 44.6. The molecule has 10 atom stereocenters. The Labute approximate surface area is 619 Å². The van der Waals surface area contributed by atoms with Gasteiger partial charge in [0.1, 0.15) is 50.2 Å². The van der Waals surface area contributed by atoms with Crippen molar-refractivity contribution in [3.63, 3.8) is 0 Å². The van der Waals surface area contributed by atoms with Crippen LogP contribution in [0.3, 0.4) is 0 Å². The van der Waals surface area contributed by atoms with E-state index >= 15 is 0 Å². The summed E-state index contributed by atoms with van der Waals surface area (Å²) in [5.41, 5.74) is 8.16. The molecule has 0 aromatic carbocycles. The van der Waals surface area contributed by atoms with Gasteiger partial charge in [0.05, 0.1) is 68.7 Å². The molecular weight excluding hydrogens is 1430 g/mol. The molecule has 102 heavy (non-hydrogen) atoms. The van der Waals surface area contributed by atoms with Crippen LogP contribution in [0.4, 0.5) is 0 Å². The highest BCUT2D eigenvalue weighted by molar-refractivity contribution is 7.89. The van der Waals surface area contributed by atoms with Crippen molar-refractivity contribution < 1.29 is 100 Å². The third kappa shape index (κ3) is 47.6. The minimum absolute atomic E-state index is 0.00912. The van der Waals surface area contributed by atoms with Crippen LogP contribution in [0.2, 0.25) is 0 Å². The van der Waals surface area contributed by atoms with Gasteiger partial charge >= 0.3 is 25.7 Å². The second-order valence-electron chi connectivity index (χ2n) is 35.5. The molecule has 614 valence electrons. The number of rotatable bonds is 34.